The van der Waals surface area contributed by atoms with Gasteiger partial charge in [0.2, 0.25) is 5.88 Å². The molecule has 0 aliphatic carbocycles. The molecule has 43 heavy (non-hydrogen) atoms. The van der Waals surface area contributed by atoms with Crippen molar-refractivity contribution in [3.8, 4) is 17.0 Å². The molecule has 8 heteroatoms. The summed E-state index contributed by atoms with van der Waals surface area (Å²) in [6.45, 7) is 4.62. The van der Waals surface area contributed by atoms with Crippen molar-refractivity contribution in [1.29, 1.82) is 0 Å². The number of aromatic nitrogens is 4. The number of pyridine rings is 2. The number of fused-ring (bicyclic) bond motifs is 1. The molecule has 0 unspecified atom stereocenters. The quantitative estimate of drug-likeness (QED) is 0.231. The summed E-state index contributed by atoms with van der Waals surface area (Å²) in [5.74, 6) is 1.67. The van der Waals surface area contributed by atoms with Crippen molar-refractivity contribution >= 4 is 16.6 Å². The Hall–Kier alpha value is -4.37. The molecule has 5 aromatic rings. The fourth-order valence-corrected chi connectivity index (χ4v) is 5.72. The van der Waals surface area contributed by atoms with Crippen LogP contribution in [-0.4, -0.2) is 55.3 Å². The highest BCUT2D eigenvalue weighted by Crippen LogP contribution is 2.27. The Kier molecular flexibility index (Phi) is 7.96. The lowest BCUT2D eigenvalue weighted by atomic mass is 10.0. The first-order chi connectivity index (χ1) is 21.2. The van der Waals surface area contributed by atoms with Crippen LogP contribution >= 0.6 is 0 Å². The van der Waals surface area contributed by atoms with Crippen molar-refractivity contribution < 1.29 is 14.6 Å². The van der Waals surface area contributed by atoms with Crippen molar-refractivity contribution in [1.82, 2.24) is 24.4 Å². The third kappa shape index (κ3) is 6.22. The average molecular weight is 574 g/mol. The summed E-state index contributed by atoms with van der Waals surface area (Å²) in [6.07, 6.45) is 8.14. The molecule has 0 saturated carbocycles. The monoisotopic (exact) mass is 573 g/mol. The van der Waals surface area contributed by atoms with Crippen molar-refractivity contribution in [2.75, 3.05) is 19.7 Å². The summed E-state index contributed by atoms with van der Waals surface area (Å²) in [7, 11) is 0. The second kappa shape index (κ2) is 12.5. The van der Waals surface area contributed by atoms with Crippen LogP contribution in [0.15, 0.2) is 91.3 Å². The highest BCUT2D eigenvalue weighted by atomic mass is 16.5. The lowest BCUT2D eigenvalue weighted by molar-refractivity contribution is -0.0591. The van der Waals surface area contributed by atoms with Gasteiger partial charge in [0.25, 0.3) is 0 Å². The second-order valence-corrected chi connectivity index (χ2v) is 11.2. The molecular formula is C35H35N5O3. The summed E-state index contributed by atoms with van der Waals surface area (Å²) < 4.78 is 14.1. The van der Waals surface area contributed by atoms with Crippen LogP contribution in [0.2, 0.25) is 0 Å². The standard InChI is InChI=1S/C35H35N5O3/c41-23-26-8-11-32-33(19-26)40(21-30-14-18-42-30)34(37-32)22-39-16-12-28(13-17-39)31-4-1-5-35(38-31)43-24-25-6-9-27(10-7-25)29-3-2-15-36-20-29/h1-12,15,19-20,30,41H,13-14,16-18,21-24H2/t30-/m0/s1. The molecule has 1 fully saturated rings. The Morgan fingerprint density at radius 3 is 2.58 bits per heavy atom. The molecule has 2 aliphatic heterocycles. The van der Waals surface area contributed by atoms with E-state index in [1.54, 1.807) is 6.20 Å². The van der Waals surface area contributed by atoms with Crippen LogP contribution in [0.25, 0.3) is 27.7 Å². The summed E-state index contributed by atoms with van der Waals surface area (Å²) in [5, 5.41) is 9.67. The van der Waals surface area contributed by atoms with Crippen LogP contribution < -0.4 is 4.74 Å². The molecule has 0 amide bonds. The van der Waals surface area contributed by atoms with Crippen LogP contribution in [-0.2, 0) is 31.0 Å². The topological polar surface area (TPSA) is 85.5 Å². The molecule has 1 N–H and O–H groups in total. The van der Waals surface area contributed by atoms with Gasteiger partial charge in [0.05, 0.1) is 42.5 Å². The predicted molar refractivity (Wildman–Crippen MR) is 166 cm³/mol. The maximum Gasteiger partial charge on any atom is 0.214 e. The molecule has 218 valence electrons. The first-order valence-corrected chi connectivity index (χ1v) is 14.9. The van der Waals surface area contributed by atoms with Gasteiger partial charge in [-0.15, -0.1) is 0 Å². The largest absolute Gasteiger partial charge is 0.473 e. The summed E-state index contributed by atoms with van der Waals surface area (Å²) in [4.78, 5) is 16.4. The number of hydrogen-bond acceptors (Lipinski definition) is 7. The molecule has 7 rings (SSSR count). The zero-order valence-corrected chi connectivity index (χ0v) is 24.1. The number of benzene rings is 2. The van der Waals surface area contributed by atoms with Crippen LogP contribution in [0.5, 0.6) is 5.88 Å². The van der Waals surface area contributed by atoms with Crippen molar-refractivity contribution in [2.45, 2.75) is 45.2 Å². The Labute approximate surface area is 251 Å². The zero-order valence-electron chi connectivity index (χ0n) is 24.1. The number of nitrogens with zero attached hydrogens (tertiary/aromatic N) is 5. The van der Waals surface area contributed by atoms with Crippen LogP contribution in [0.4, 0.5) is 0 Å². The van der Waals surface area contributed by atoms with E-state index in [0.29, 0.717) is 12.5 Å². The fraction of sp³-hybridized carbons (Fsp3) is 0.286. The number of aliphatic hydroxyl groups excluding tert-OH is 1. The molecule has 3 aromatic heterocycles. The highest BCUT2D eigenvalue weighted by molar-refractivity contribution is 5.77. The van der Waals surface area contributed by atoms with E-state index in [-0.39, 0.29) is 12.7 Å². The molecule has 8 nitrogen and oxygen atoms in total. The number of ether oxygens (including phenoxy) is 2. The Balaban J connectivity index is 0.997. The van der Waals surface area contributed by atoms with Gasteiger partial charge in [-0.3, -0.25) is 9.88 Å². The molecule has 0 spiro atoms. The molecule has 5 heterocycles. The van der Waals surface area contributed by atoms with Crippen LogP contribution in [0.1, 0.15) is 35.5 Å². The number of aliphatic hydroxyl groups is 1. The van der Waals surface area contributed by atoms with E-state index in [2.05, 4.69) is 63.0 Å². The molecule has 0 bridgehead atoms. The molecule has 1 saturated heterocycles. The second-order valence-electron chi connectivity index (χ2n) is 11.2. The van der Waals surface area contributed by atoms with Crippen LogP contribution in [0.3, 0.4) is 0 Å². The molecule has 0 radical (unpaired) electrons. The summed E-state index contributed by atoms with van der Waals surface area (Å²) in [5.41, 5.74) is 8.47. The Morgan fingerprint density at radius 1 is 0.953 bits per heavy atom. The van der Waals surface area contributed by atoms with Gasteiger partial charge in [-0.25, -0.2) is 9.97 Å². The van der Waals surface area contributed by atoms with E-state index in [0.717, 1.165) is 90.4 Å². The minimum Gasteiger partial charge on any atom is -0.473 e. The summed E-state index contributed by atoms with van der Waals surface area (Å²) >= 11 is 0. The minimum absolute atomic E-state index is 0.0241. The fourth-order valence-electron chi connectivity index (χ4n) is 5.72. The first kappa shape index (κ1) is 27.5. The lowest BCUT2D eigenvalue weighted by Gasteiger charge is -2.29. The third-order valence-electron chi connectivity index (χ3n) is 8.30. The van der Waals surface area contributed by atoms with E-state index in [1.807, 2.05) is 36.5 Å². The van der Waals surface area contributed by atoms with Gasteiger partial charge < -0.3 is 19.1 Å². The molecule has 1 atom stereocenters. The normalized spacial score (nSPS) is 17.0. The van der Waals surface area contributed by atoms with E-state index >= 15 is 0 Å². The smallest absolute Gasteiger partial charge is 0.214 e. The van der Waals surface area contributed by atoms with Gasteiger partial charge in [0.1, 0.15) is 12.4 Å². The van der Waals surface area contributed by atoms with Gasteiger partial charge in [-0.2, -0.15) is 0 Å². The Bertz CT molecular complexity index is 1730. The van der Waals surface area contributed by atoms with Gasteiger partial charge in [0.15, 0.2) is 0 Å². The zero-order chi connectivity index (χ0) is 29.0. The predicted octanol–water partition coefficient (Wildman–Crippen LogP) is 5.64. The van der Waals surface area contributed by atoms with Gasteiger partial charge >= 0.3 is 0 Å². The molecule has 2 aliphatic rings. The Morgan fingerprint density at radius 2 is 1.84 bits per heavy atom. The number of rotatable bonds is 10. The SMILES string of the molecule is OCc1ccc2nc(CN3CC=C(c4cccc(OCc5ccc(-c6cccnc6)cc5)n4)CC3)n(C[C@@H]3CCO3)c2c1. The average Bonchev–Trinajstić information content (AvgIpc) is 3.38. The van der Waals surface area contributed by atoms with Crippen molar-refractivity contribution in [3.63, 3.8) is 0 Å². The number of hydrogen-bond donors (Lipinski definition) is 1. The maximum atomic E-state index is 9.67. The minimum atomic E-state index is 0.0241. The molecular weight excluding hydrogens is 538 g/mol. The van der Waals surface area contributed by atoms with Gasteiger partial charge in [-0.1, -0.05) is 48.5 Å². The lowest BCUT2D eigenvalue weighted by Crippen LogP contribution is -2.33. The van der Waals surface area contributed by atoms with E-state index in [9.17, 15) is 5.11 Å². The van der Waals surface area contributed by atoms with E-state index in [1.165, 1.54) is 5.57 Å². The van der Waals surface area contributed by atoms with Crippen molar-refractivity contribution in [2.24, 2.45) is 0 Å². The number of imidazole rings is 1. The van der Waals surface area contributed by atoms with Gasteiger partial charge in [0, 0.05) is 38.2 Å². The maximum absolute atomic E-state index is 9.67. The first-order valence-electron chi connectivity index (χ1n) is 14.9. The summed E-state index contributed by atoms with van der Waals surface area (Å²) in [6, 6.07) is 24.4. The molecule has 2 aromatic carbocycles. The highest BCUT2D eigenvalue weighted by Gasteiger charge is 2.23. The van der Waals surface area contributed by atoms with Gasteiger partial charge in [-0.05, 0) is 64.9 Å². The van der Waals surface area contributed by atoms with E-state index < -0.39 is 0 Å². The van der Waals surface area contributed by atoms with E-state index in [4.69, 9.17) is 19.4 Å². The third-order valence-corrected chi connectivity index (χ3v) is 8.30. The van der Waals surface area contributed by atoms with Crippen LogP contribution in [0, 0.1) is 0 Å². The van der Waals surface area contributed by atoms with Crippen molar-refractivity contribution in [3.05, 3.63) is 114 Å².